The van der Waals surface area contributed by atoms with Crippen molar-refractivity contribution in [1.82, 2.24) is 10.6 Å². The minimum Gasteiger partial charge on any atom is -0.465 e. The van der Waals surface area contributed by atoms with Crippen molar-refractivity contribution >= 4 is 11.8 Å². The Morgan fingerprint density at radius 1 is 0.567 bits per heavy atom. The van der Waals surface area contributed by atoms with E-state index in [9.17, 15) is 40.2 Å². The van der Waals surface area contributed by atoms with Crippen LogP contribution >= 0.6 is 0 Å². The number of benzene rings is 4. The summed E-state index contributed by atoms with van der Waals surface area (Å²) in [7, 11) is 0. The third kappa shape index (κ3) is 12.1. The molecule has 2 heterocycles. The van der Waals surface area contributed by atoms with Crippen LogP contribution in [0.2, 0.25) is 0 Å². The Balaban J connectivity index is 0.838. The van der Waals surface area contributed by atoms with E-state index in [4.69, 9.17) is 28.4 Å². The molecule has 0 saturated carbocycles. The van der Waals surface area contributed by atoms with Crippen molar-refractivity contribution in [3.05, 3.63) is 108 Å². The maximum atomic E-state index is 12.8. The van der Waals surface area contributed by atoms with E-state index in [1.807, 2.05) is 48.5 Å². The Morgan fingerprint density at radius 2 is 1.08 bits per heavy atom. The molecule has 4 aromatic carbocycles. The highest BCUT2D eigenvalue weighted by Gasteiger charge is 2.44. The highest BCUT2D eigenvalue weighted by atomic mass is 16.7. The highest BCUT2D eigenvalue weighted by molar-refractivity contribution is 5.96. The quantitative estimate of drug-likeness (QED) is 0.0628. The molecular formula is C44H52N2O14. The normalized spacial score (nSPS) is 24.0. The lowest BCUT2D eigenvalue weighted by Gasteiger charge is -2.39. The van der Waals surface area contributed by atoms with Crippen molar-refractivity contribution in [2.45, 2.75) is 62.0 Å². The largest absolute Gasteiger partial charge is 0.465 e. The maximum Gasteiger partial charge on any atom is 0.251 e. The van der Waals surface area contributed by atoms with E-state index in [-0.39, 0.29) is 31.6 Å². The van der Waals surface area contributed by atoms with E-state index < -0.39 is 55.8 Å². The Hall–Kier alpha value is -4.98. The van der Waals surface area contributed by atoms with Crippen LogP contribution in [0.5, 0.6) is 11.5 Å². The number of amides is 2. The van der Waals surface area contributed by atoms with Crippen LogP contribution in [0.25, 0.3) is 22.3 Å². The van der Waals surface area contributed by atoms with Crippen molar-refractivity contribution in [3.8, 4) is 33.8 Å². The van der Waals surface area contributed by atoms with Gasteiger partial charge in [0.05, 0.1) is 45.7 Å². The van der Waals surface area contributed by atoms with Gasteiger partial charge in [0.25, 0.3) is 11.8 Å². The van der Waals surface area contributed by atoms with E-state index in [1.165, 1.54) is 0 Å². The molecule has 4 aromatic rings. The Labute approximate surface area is 347 Å². The van der Waals surface area contributed by atoms with Gasteiger partial charge in [0.15, 0.2) is 6.29 Å². The second-order valence-electron chi connectivity index (χ2n) is 14.3. The molecule has 2 fully saturated rings. The minimum atomic E-state index is -1.55. The first kappa shape index (κ1) is 44.6. The van der Waals surface area contributed by atoms with Crippen molar-refractivity contribution in [2.24, 2.45) is 0 Å². The zero-order valence-electron chi connectivity index (χ0n) is 32.9. The number of carbonyl (C=O) groups is 2. The molecule has 322 valence electrons. The van der Waals surface area contributed by atoms with Gasteiger partial charge in [-0.2, -0.15) is 0 Å². The first-order valence-electron chi connectivity index (χ1n) is 19.8. The molecule has 8 unspecified atom stereocenters. The lowest BCUT2D eigenvalue weighted by Crippen LogP contribution is -2.60. The monoisotopic (exact) mass is 832 g/mol. The van der Waals surface area contributed by atoms with E-state index >= 15 is 0 Å². The molecule has 2 saturated heterocycles. The van der Waals surface area contributed by atoms with Gasteiger partial charge in [-0.05, 0) is 77.2 Å². The van der Waals surface area contributed by atoms with Crippen LogP contribution in [-0.4, -0.2) is 144 Å². The molecule has 16 heteroatoms. The van der Waals surface area contributed by atoms with Gasteiger partial charge in [0.2, 0.25) is 6.29 Å². The molecule has 2 aliphatic rings. The summed E-state index contributed by atoms with van der Waals surface area (Å²) in [6.07, 6.45) is -7.86. The fourth-order valence-electron chi connectivity index (χ4n) is 6.68. The maximum absolute atomic E-state index is 12.8. The molecule has 6 rings (SSSR count). The van der Waals surface area contributed by atoms with Gasteiger partial charge in [-0.15, -0.1) is 0 Å². The van der Waals surface area contributed by atoms with Crippen LogP contribution in [0, 0.1) is 0 Å². The van der Waals surface area contributed by atoms with Crippen molar-refractivity contribution < 1.29 is 68.6 Å². The molecule has 2 amide bonds. The van der Waals surface area contributed by atoms with Gasteiger partial charge in [-0.1, -0.05) is 48.5 Å². The van der Waals surface area contributed by atoms with Gasteiger partial charge < -0.3 is 69.7 Å². The summed E-state index contributed by atoms with van der Waals surface area (Å²) in [4.78, 5) is 25.6. The number of carbonyl (C=O) groups excluding carboxylic acids is 2. The topological polar surface area (TPSA) is 235 Å². The van der Waals surface area contributed by atoms with Crippen LogP contribution in [0.1, 0.15) is 33.6 Å². The number of aliphatic hydroxyl groups is 6. The second kappa shape index (κ2) is 22.0. The molecule has 0 spiro atoms. The average Bonchev–Trinajstić information content (AvgIpc) is 3.28. The van der Waals surface area contributed by atoms with Crippen LogP contribution in [0.15, 0.2) is 97.1 Å². The third-order valence-electron chi connectivity index (χ3n) is 10.1. The summed E-state index contributed by atoms with van der Waals surface area (Å²) in [5.74, 6) is 0.422. The minimum absolute atomic E-state index is 0.231. The predicted molar refractivity (Wildman–Crippen MR) is 216 cm³/mol. The van der Waals surface area contributed by atoms with Crippen LogP contribution in [0.4, 0.5) is 0 Å². The first-order chi connectivity index (χ1) is 29.1. The fraction of sp³-hybridized carbons (Fsp3) is 0.409. The average molecular weight is 833 g/mol. The van der Waals surface area contributed by atoms with Gasteiger partial charge in [0.1, 0.15) is 42.0 Å². The predicted octanol–water partition coefficient (Wildman–Crippen LogP) is 1.63. The Kier molecular flexibility index (Phi) is 16.4. The Bertz CT molecular complexity index is 1960. The van der Waals surface area contributed by atoms with Crippen molar-refractivity contribution in [3.63, 3.8) is 0 Å². The summed E-state index contributed by atoms with van der Waals surface area (Å²) >= 11 is 0. The van der Waals surface area contributed by atoms with Crippen LogP contribution < -0.4 is 20.1 Å². The molecule has 60 heavy (non-hydrogen) atoms. The number of aliphatic hydroxyl groups excluding tert-OH is 6. The number of hydrogen-bond donors (Lipinski definition) is 8. The fourth-order valence-corrected chi connectivity index (χ4v) is 6.68. The smallest absolute Gasteiger partial charge is 0.251 e. The number of ether oxygens (including phenoxy) is 6. The standard InChI is InChI=1S/C44H52N2O14/c47-25-36-35(49)15-16-38(59-36)57-33-11-7-27(8-12-33)29-3-1-5-31(23-29)42(53)45-17-19-55-21-22-56-20-18-46-43(54)32-6-2-4-30(24-32)28-9-13-34(14-10-28)58-44-41(52)40(51)39(50)37(26-48)60-44/h1-14,23-24,35-41,44,47-52H,15-22,25-26H2,(H,45,53)(H,46,54). The van der Waals surface area contributed by atoms with E-state index in [0.717, 1.165) is 22.3 Å². The lowest BCUT2D eigenvalue weighted by molar-refractivity contribution is -0.277. The summed E-state index contributed by atoms with van der Waals surface area (Å²) < 4.78 is 33.7. The third-order valence-corrected chi connectivity index (χ3v) is 10.1. The number of nitrogens with one attached hydrogen (secondary N) is 2. The van der Waals surface area contributed by atoms with Crippen LogP contribution in [0.3, 0.4) is 0 Å². The SMILES string of the molecule is O=C(NCCOCCOCCNC(=O)c1cccc(-c2ccc(OC3OC(CO)C(O)C(O)C3O)cc2)c1)c1cccc(-c2ccc(OC3CCC(O)C(CO)O3)cc2)c1. The van der Waals surface area contributed by atoms with Crippen molar-refractivity contribution in [2.75, 3.05) is 52.7 Å². The molecule has 0 bridgehead atoms. The molecule has 16 nitrogen and oxygen atoms in total. The second-order valence-corrected chi connectivity index (χ2v) is 14.3. The summed E-state index contributed by atoms with van der Waals surface area (Å²) in [5.41, 5.74) is 4.29. The van der Waals surface area contributed by atoms with Gasteiger partial charge in [0, 0.05) is 30.6 Å². The molecule has 8 atom stereocenters. The van der Waals surface area contributed by atoms with E-state index in [0.29, 0.717) is 61.8 Å². The Morgan fingerprint density at radius 3 is 1.60 bits per heavy atom. The van der Waals surface area contributed by atoms with E-state index in [2.05, 4.69) is 10.6 Å². The van der Waals surface area contributed by atoms with Gasteiger partial charge >= 0.3 is 0 Å². The van der Waals surface area contributed by atoms with Crippen molar-refractivity contribution in [1.29, 1.82) is 0 Å². The molecule has 2 aliphatic heterocycles. The summed E-state index contributed by atoms with van der Waals surface area (Å²) in [5, 5.41) is 64.6. The van der Waals surface area contributed by atoms with Crippen LogP contribution in [-0.2, 0) is 18.9 Å². The molecule has 0 aliphatic carbocycles. The van der Waals surface area contributed by atoms with Gasteiger partial charge in [-0.3, -0.25) is 9.59 Å². The molecule has 0 aromatic heterocycles. The lowest BCUT2D eigenvalue weighted by atomic mass is 9.99. The number of hydrogen-bond acceptors (Lipinski definition) is 14. The molecular weight excluding hydrogens is 780 g/mol. The van der Waals surface area contributed by atoms with E-state index in [1.54, 1.807) is 48.5 Å². The zero-order chi connectivity index (χ0) is 42.4. The molecule has 8 N–H and O–H groups in total. The summed E-state index contributed by atoms with van der Waals surface area (Å²) in [6.45, 7) is 0.940. The summed E-state index contributed by atoms with van der Waals surface area (Å²) in [6, 6.07) is 28.5. The highest BCUT2D eigenvalue weighted by Crippen LogP contribution is 2.29. The first-order valence-corrected chi connectivity index (χ1v) is 19.8. The van der Waals surface area contributed by atoms with Gasteiger partial charge in [-0.25, -0.2) is 0 Å². The molecule has 0 radical (unpaired) electrons. The zero-order valence-corrected chi connectivity index (χ0v) is 32.9. The number of rotatable bonds is 19.